The second-order valence-corrected chi connectivity index (χ2v) is 4.87. The number of halogens is 4. The minimum Gasteiger partial charge on any atom is -0.206 e. The van der Waals surface area contributed by atoms with E-state index in [1.807, 2.05) is 6.92 Å². The highest BCUT2D eigenvalue weighted by Crippen LogP contribution is 2.38. The second kappa shape index (κ2) is 4.85. The summed E-state index contributed by atoms with van der Waals surface area (Å²) in [4.78, 5) is 0. The molecule has 0 aliphatic carbocycles. The number of hydrogen-bond donors (Lipinski definition) is 0. The monoisotopic (exact) mass is 288 g/mol. The van der Waals surface area contributed by atoms with Gasteiger partial charge in [0.1, 0.15) is 5.82 Å². The number of hydrogen-bond acceptors (Lipinski definition) is 0. The van der Waals surface area contributed by atoms with Crippen molar-refractivity contribution in [3.63, 3.8) is 0 Å². The lowest BCUT2D eigenvalue weighted by Gasteiger charge is -2.09. The van der Waals surface area contributed by atoms with Crippen LogP contribution in [-0.4, -0.2) is 0 Å². The summed E-state index contributed by atoms with van der Waals surface area (Å²) in [6.07, 6.45) is 0. The Morgan fingerprint density at radius 3 is 2.29 bits per heavy atom. The van der Waals surface area contributed by atoms with E-state index in [2.05, 4.69) is 0 Å². The lowest BCUT2D eigenvalue weighted by Crippen LogP contribution is -1.88. The van der Waals surface area contributed by atoms with Crippen molar-refractivity contribution in [3.8, 4) is 11.1 Å². The van der Waals surface area contributed by atoms with Gasteiger partial charge in [0.05, 0.1) is 15.1 Å². The van der Waals surface area contributed by atoms with Crippen LogP contribution in [0.2, 0.25) is 15.1 Å². The fraction of sp³-hybridized carbons (Fsp3) is 0.0769. The Hall–Kier alpha value is -0.760. The molecule has 0 aliphatic heterocycles. The maximum Gasteiger partial charge on any atom is 0.131 e. The summed E-state index contributed by atoms with van der Waals surface area (Å²) < 4.78 is 13.7. The van der Waals surface area contributed by atoms with Crippen LogP contribution in [0.5, 0.6) is 0 Å². The Labute approximate surface area is 114 Å². The molecule has 0 spiro atoms. The van der Waals surface area contributed by atoms with Crippen molar-refractivity contribution in [1.82, 2.24) is 0 Å². The lowest BCUT2D eigenvalue weighted by atomic mass is 10.0. The molecule has 0 atom stereocenters. The molecule has 4 heteroatoms. The van der Waals surface area contributed by atoms with Crippen molar-refractivity contribution >= 4 is 34.8 Å². The van der Waals surface area contributed by atoms with Gasteiger partial charge < -0.3 is 0 Å². The van der Waals surface area contributed by atoms with E-state index in [1.165, 1.54) is 6.07 Å². The normalized spacial score (nSPS) is 10.6. The topological polar surface area (TPSA) is 0 Å². The maximum absolute atomic E-state index is 13.7. The average molecular weight is 290 g/mol. The molecule has 0 saturated heterocycles. The molecule has 88 valence electrons. The summed E-state index contributed by atoms with van der Waals surface area (Å²) in [7, 11) is 0. The van der Waals surface area contributed by atoms with Crippen LogP contribution in [0.15, 0.2) is 30.3 Å². The second-order valence-electron chi connectivity index (χ2n) is 3.71. The van der Waals surface area contributed by atoms with Gasteiger partial charge in [0.25, 0.3) is 0 Å². The molecule has 0 radical (unpaired) electrons. The van der Waals surface area contributed by atoms with Crippen LogP contribution in [0, 0.1) is 12.7 Å². The van der Waals surface area contributed by atoms with Gasteiger partial charge in [-0.25, -0.2) is 4.39 Å². The molecular formula is C13H8Cl3F. The van der Waals surface area contributed by atoms with E-state index in [1.54, 1.807) is 24.3 Å². The fourth-order valence-electron chi connectivity index (χ4n) is 1.58. The molecular weight excluding hydrogens is 282 g/mol. The first kappa shape index (κ1) is 12.7. The van der Waals surface area contributed by atoms with Gasteiger partial charge in [-0.15, -0.1) is 0 Å². The van der Waals surface area contributed by atoms with E-state index in [4.69, 9.17) is 34.8 Å². The smallest absolute Gasteiger partial charge is 0.131 e. The summed E-state index contributed by atoms with van der Waals surface area (Å²) >= 11 is 17.8. The zero-order valence-electron chi connectivity index (χ0n) is 8.90. The van der Waals surface area contributed by atoms with Crippen LogP contribution in [0.4, 0.5) is 4.39 Å². The van der Waals surface area contributed by atoms with Gasteiger partial charge in [-0.1, -0.05) is 52.5 Å². The number of aryl methyl sites for hydroxylation is 1. The Morgan fingerprint density at radius 1 is 0.882 bits per heavy atom. The summed E-state index contributed by atoms with van der Waals surface area (Å²) in [5.74, 6) is -0.337. The minimum atomic E-state index is -0.337. The summed E-state index contributed by atoms with van der Waals surface area (Å²) in [5.41, 5.74) is 1.92. The minimum absolute atomic E-state index is 0.242. The van der Waals surface area contributed by atoms with E-state index < -0.39 is 0 Å². The molecule has 0 unspecified atom stereocenters. The molecule has 0 saturated carbocycles. The first-order valence-electron chi connectivity index (χ1n) is 4.90. The van der Waals surface area contributed by atoms with Crippen molar-refractivity contribution in [2.75, 3.05) is 0 Å². The van der Waals surface area contributed by atoms with Crippen LogP contribution >= 0.6 is 34.8 Å². The molecule has 17 heavy (non-hydrogen) atoms. The molecule has 0 nitrogen and oxygen atoms in total. The standard InChI is InChI=1S/C13H8Cl3F/c1-7-2-5-11(17)9(6-7)8-3-4-10(14)13(16)12(8)15/h2-6H,1H3. The summed E-state index contributed by atoms with van der Waals surface area (Å²) in [5, 5.41) is 0.865. The molecule has 0 aromatic heterocycles. The van der Waals surface area contributed by atoms with Crippen molar-refractivity contribution < 1.29 is 4.39 Å². The zero-order valence-corrected chi connectivity index (χ0v) is 11.2. The van der Waals surface area contributed by atoms with Crippen LogP contribution in [-0.2, 0) is 0 Å². The van der Waals surface area contributed by atoms with Gasteiger partial charge >= 0.3 is 0 Å². The Morgan fingerprint density at radius 2 is 1.59 bits per heavy atom. The Bertz CT molecular complexity index is 579. The van der Waals surface area contributed by atoms with Crippen LogP contribution in [0.3, 0.4) is 0 Å². The van der Waals surface area contributed by atoms with Gasteiger partial charge in [0.15, 0.2) is 0 Å². The zero-order chi connectivity index (χ0) is 12.6. The molecule has 2 aromatic carbocycles. The van der Waals surface area contributed by atoms with Crippen molar-refractivity contribution in [3.05, 3.63) is 56.8 Å². The fourth-order valence-corrected chi connectivity index (χ4v) is 2.22. The third-order valence-electron chi connectivity index (χ3n) is 2.45. The molecule has 0 aliphatic rings. The highest BCUT2D eigenvalue weighted by atomic mass is 35.5. The maximum atomic E-state index is 13.7. The molecule has 0 bridgehead atoms. The largest absolute Gasteiger partial charge is 0.206 e. The van der Waals surface area contributed by atoms with Gasteiger partial charge in [-0.05, 0) is 25.1 Å². The third kappa shape index (κ3) is 2.42. The molecule has 0 fully saturated rings. The average Bonchev–Trinajstić information content (AvgIpc) is 2.30. The van der Waals surface area contributed by atoms with E-state index in [9.17, 15) is 4.39 Å². The number of benzene rings is 2. The highest BCUT2D eigenvalue weighted by molar-refractivity contribution is 6.49. The van der Waals surface area contributed by atoms with E-state index in [-0.39, 0.29) is 15.9 Å². The van der Waals surface area contributed by atoms with Crippen molar-refractivity contribution in [2.24, 2.45) is 0 Å². The van der Waals surface area contributed by atoms with Gasteiger partial charge in [0.2, 0.25) is 0 Å². The Kier molecular flexibility index (Phi) is 3.62. The molecule has 0 amide bonds. The number of rotatable bonds is 1. The van der Waals surface area contributed by atoms with Crippen molar-refractivity contribution in [2.45, 2.75) is 6.92 Å². The quantitative estimate of drug-likeness (QED) is 0.585. The van der Waals surface area contributed by atoms with Gasteiger partial charge in [-0.2, -0.15) is 0 Å². The van der Waals surface area contributed by atoms with E-state index >= 15 is 0 Å². The highest BCUT2D eigenvalue weighted by Gasteiger charge is 2.13. The summed E-state index contributed by atoms with van der Waals surface area (Å²) in [6, 6.07) is 8.09. The third-order valence-corrected chi connectivity index (χ3v) is 3.74. The molecule has 2 rings (SSSR count). The van der Waals surface area contributed by atoms with Crippen molar-refractivity contribution in [1.29, 1.82) is 0 Å². The van der Waals surface area contributed by atoms with Crippen LogP contribution in [0.1, 0.15) is 5.56 Å². The predicted molar refractivity (Wildman–Crippen MR) is 71.6 cm³/mol. The molecule has 0 N–H and O–H groups in total. The first-order valence-corrected chi connectivity index (χ1v) is 6.04. The van der Waals surface area contributed by atoms with E-state index in [0.29, 0.717) is 16.1 Å². The van der Waals surface area contributed by atoms with Gasteiger partial charge in [-0.3, -0.25) is 0 Å². The van der Waals surface area contributed by atoms with Crippen LogP contribution < -0.4 is 0 Å². The molecule has 2 aromatic rings. The lowest BCUT2D eigenvalue weighted by molar-refractivity contribution is 0.631. The SMILES string of the molecule is Cc1ccc(F)c(-c2ccc(Cl)c(Cl)c2Cl)c1. The predicted octanol–water partition coefficient (Wildman–Crippen LogP) is 5.76. The Balaban J connectivity index is 2.69. The first-order chi connectivity index (χ1) is 8.00. The van der Waals surface area contributed by atoms with Crippen LogP contribution in [0.25, 0.3) is 11.1 Å². The van der Waals surface area contributed by atoms with E-state index in [0.717, 1.165) is 5.56 Å². The molecule has 0 heterocycles. The summed E-state index contributed by atoms with van der Waals surface area (Å²) in [6.45, 7) is 1.88. The van der Waals surface area contributed by atoms with Gasteiger partial charge in [0, 0.05) is 11.1 Å².